The van der Waals surface area contributed by atoms with Gasteiger partial charge in [0.25, 0.3) is 0 Å². The van der Waals surface area contributed by atoms with Crippen LogP contribution in [0, 0.1) is 6.92 Å². The van der Waals surface area contributed by atoms with Gasteiger partial charge in [-0.1, -0.05) is 11.3 Å². The van der Waals surface area contributed by atoms with Crippen LogP contribution in [-0.4, -0.2) is 10.2 Å². The van der Waals surface area contributed by atoms with Gasteiger partial charge in [0.15, 0.2) is 0 Å². The maximum Gasteiger partial charge on any atom is 0.142 e. The molecule has 1 aromatic heterocycles. The van der Waals surface area contributed by atoms with Crippen LogP contribution in [0.1, 0.15) is 10.0 Å². The van der Waals surface area contributed by atoms with Crippen molar-refractivity contribution in [2.24, 2.45) is 0 Å². The van der Waals surface area contributed by atoms with Crippen LogP contribution in [0.3, 0.4) is 0 Å². The molecule has 0 N–H and O–H groups in total. The van der Waals surface area contributed by atoms with E-state index >= 15 is 0 Å². The Kier molecular flexibility index (Phi) is 1.89. The van der Waals surface area contributed by atoms with E-state index in [1.54, 1.807) is 0 Å². The highest BCUT2D eigenvalue weighted by atomic mass is 32.1. The molecule has 0 aliphatic rings. The van der Waals surface area contributed by atoms with Crippen LogP contribution in [0.15, 0.2) is 6.33 Å². The molecule has 0 saturated carbocycles. The summed E-state index contributed by atoms with van der Waals surface area (Å²) in [5.74, 6) is 0. The van der Waals surface area contributed by atoms with Crippen molar-refractivity contribution in [2.45, 2.75) is 6.92 Å². The molecule has 2 nitrogen and oxygen atoms in total. The SMILES string of the molecule is Cc1nnc(/C=C\F)s1. The summed E-state index contributed by atoms with van der Waals surface area (Å²) < 4.78 is 11.4. The third kappa shape index (κ3) is 1.57. The van der Waals surface area contributed by atoms with E-state index in [1.807, 2.05) is 6.92 Å². The molecule has 9 heavy (non-hydrogen) atoms. The molecule has 0 unspecified atom stereocenters. The lowest BCUT2D eigenvalue weighted by atomic mass is 10.7. The topological polar surface area (TPSA) is 25.8 Å². The number of aryl methyl sites for hydroxylation is 1. The zero-order valence-electron chi connectivity index (χ0n) is 4.84. The average Bonchev–Trinajstić information content (AvgIpc) is 2.17. The highest BCUT2D eigenvalue weighted by Gasteiger charge is 1.92. The summed E-state index contributed by atoms with van der Waals surface area (Å²) >= 11 is 1.36. The monoisotopic (exact) mass is 144 g/mol. The fraction of sp³-hybridized carbons (Fsp3) is 0.200. The van der Waals surface area contributed by atoms with Gasteiger partial charge in [-0.3, -0.25) is 0 Å². The number of hydrogen-bond acceptors (Lipinski definition) is 3. The number of aromatic nitrogens is 2. The Bertz CT molecular complexity index is 218. The Labute approximate surface area is 56.1 Å². The number of nitrogens with zero attached hydrogens (tertiary/aromatic N) is 2. The minimum atomic E-state index is 0.458. The Hall–Kier alpha value is -0.770. The summed E-state index contributed by atoms with van der Waals surface area (Å²) in [6, 6.07) is 0. The molecule has 0 atom stereocenters. The molecule has 0 fully saturated rings. The van der Waals surface area contributed by atoms with Crippen molar-refractivity contribution in [3.63, 3.8) is 0 Å². The molecule has 0 spiro atoms. The Morgan fingerprint density at radius 3 is 2.78 bits per heavy atom. The molecule has 0 aromatic carbocycles. The standard InChI is InChI=1S/C5H5FN2S/c1-4-7-8-5(9-4)2-3-6/h2-3H,1H3/b3-2-. The zero-order valence-corrected chi connectivity index (χ0v) is 5.65. The Morgan fingerprint density at radius 2 is 2.33 bits per heavy atom. The maximum atomic E-state index is 11.4. The Morgan fingerprint density at radius 1 is 1.56 bits per heavy atom. The van der Waals surface area contributed by atoms with Crippen LogP contribution in [-0.2, 0) is 0 Å². The van der Waals surface area contributed by atoms with E-state index in [0.717, 1.165) is 5.01 Å². The predicted octanol–water partition coefficient (Wildman–Crippen LogP) is 1.79. The van der Waals surface area contributed by atoms with E-state index in [-0.39, 0.29) is 0 Å². The quantitative estimate of drug-likeness (QED) is 0.600. The van der Waals surface area contributed by atoms with Crippen LogP contribution in [0.4, 0.5) is 4.39 Å². The van der Waals surface area contributed by atoms with Gasteiger partial charge < -0.3 is 0 Å². The second kappa shape index (κ2) is 2.68. The molecule has 1 aromatic rings. The first kappa shape index (κ1) is 6.35. The first-order valence-electron chi connectivity index (χ1n) is 2.40. The van der Waals surface area contributed by atoms with Gasteiger partial charge in [0.05, 0.1) is 6.33 Å². The lowest BCUT2D eigenvalue weighted by molar-refractivity contribution is 0.727. The summed E-state index contributed by atoms with van der Waals surface area (Å²) in [5.41, 5.74) is 0. The van der Waals surface area contributed by atoms with Crippen LogP contribution < -0.4 is 0 Å². The molecule has 0 saturated heterocycles. The van der Waals surface area contributed by atoms with Gasteiger partial charge in [-0.2, -0.15) is 0 Å². The minimum absolute atomic E-state index is 0.458. The largest absolute Gasteiger partial charge is 0.215 e. The number of rotatable bonds is 1. The number of halogens is 1. The van der Waals surface area contributed by atoms with Crippen molar-refractivity contribution < 1.29 is 4.39 Å². The van der Waals surface area contributed by atoms with E-state index < -0.39 is 0 Å². The van der Waals surface area contributed by atoms with E-state index in [2.05, 4.69) is 10.2 Å². The van der Waals surface area contributed by atoms with E-state index in [4.69, 9.17) is 0 Å². The molecule has 0 aliphatic heterocycles. The lowest BCUT2D eigenvalue weighted by Crippen LogP contribution is -1.69. The molecule has 4 heteroatoms. The molecular weight excluding hydrogens is 139 g/mol. The molecular formula is C5H5FN2S. The van der Waals surface area contributed by atoms with Crippen LogP contribution in [0.25, 0.3) is 6.08 Å². The van der Waals surface area contributed by atoms with Crippen LogP contribution in [0.2, 0.25) is 0 Å². The van der Waals surface area contributed by atoms with Crippen molar-refractivity contribution in [1.82, 2.24) is 10.2 Å². The highest BCUT2D eigenvalue weighted by Crippen LogP contribution is 2.08. The summed E-state index contributed by atoms with van der Waals surface area (Å²) in [4.78, 5) is 0. The first-order chi connectivity index (χ1) is 4.33. The van der Waals surface area contributed by atoms with E-state index in [9.17, 15) is 4.39 Å². The second-order valence-electron chi connectivity index (χ2n) is 1.45. The number of hydrogen-bond donors (Lipinski definition) is 0. The van der Waals surface area contributed by atoms with Crippen molar-refractivity contribution >= 4 is 17.4 Å². The third-order valence-corrected chi connectivity index (χ3v) is 1.55. The van der Waals surface area contributed by atoms with Crippen LogP contribution >= 0.6 is 11.3 Å². The van der Waals surface area contributed by atoms with Gasteiger partial charge in [0.1, 0.15) is 10.0 Å². The van der Waals surface area contributed by atoms with Crippen LogP contribution in [0.5, 0.6) is 0 Å². The molecule has 0 amide bonds. The van der Waals surface area contributed by atoms with E-state index in [0.29, 0.717) is 11.3 Å². The molecule has 0 radical (unpaired) electrons. The Balaban J connectivity index is 2.85. The molecule has 1 rings (SSSR count). The molecule has 1 heterocycles. The van der Waals surface area contributed by atoms with Gasteiger partial charge >= 0.3 is 0 Å². The van der Waals surface area contributed by atoms with Gasteiger partial charge in [-0.25, -0.2) is 4.39 Å². The molecule has 48 valence electrons. The summed E-state index contributed by atoms with van der Waals surface area (Å²) in [7, 11) is 0. The summed E-state index contributed by atoms with van der Waals surface area (Å²) in [5, 5.41) is 8.79. The lowest BCUT2D eigenvalue weighted by Gasteiger charge is -1.70. The first-order valence-corrected chi connectivity index (χ1v) is 3.21. The second-order valence-corrected chi connectivity index (χ2v) is 2.67. The predicted molar refractivity (Wildman–Crippen MR) is 34.8 cm³/mol. The van der Waals surface area contributed by atoms with Gasteiger partial charge in [-0.15, -0.1) is 10.2 Å². The maximum absolute atomic E-state index is 11.4. The third-order valence-electron chi connectivity index (χ3n) is 0.747. The van der Waals surface area contributed by atoms with Gasteiger partial charge in [0, 0.05) is 6.08 Å². The molecule has 0 aliphatic carbocycles. The summed E-state index contributed by atoms with van der Waals surface area (Å²) in [6.45, 7) is 1.83. The van der Waals surface area contributed by atoms with Crippen molar-refractivity contribution in [3.05, 3.63) is 16.3 Å². The average molecular weight is 144 g/mol. The fourth-order valence-corrected chi connectivity index (χ4v) is 1.02. The normalized spacial score (nSPS) is 10.9. The van der Waals surface area contributed by atoms with Crippen molar-refractivity contribution in [1.29, 1.82) is 0 Å². The fourth-order valence-electron chi connectivity index (χ4n) is 0.433. The summed E-state index contributed by atoms with van der Waals surface area (Å²) in [6.07, 6.45) is 1.74. The van der Waals surface area contributed by atoms with Crippen molar-refractivity contribution in [2.75, 3.05) is 0 Å². The molecule has 0 bridgehead atoms. The minimum Gasteiger partial charge on any atom is -0.215 e. The smallest absolute Gasteiger partial charge is 0.142 e. The van der Waals surface area contributed by atoms with Crippen molar-refractivity contribution in [3.8, 4) is 0 Å². The highest BCUT2D eigenvalue weighted by molar-refractivity contribution is 7.12. The van der Waals surface area contributed by atoms with Gasteiger partial charge in [-0.05, 0) is 6.92 Å². The van der Waals surface area contributed by atoms with E-state index in [1.165, 1.54) is 17.4 Å². The van der Waals surface area contributed by atoms with Gasteiger partial charge in [0.2, 0.25) is 0 Å². The zero-order chi connectivity index (χ0) is 6.69.